The lowest BCUT2D eigenvalue weighted by atomic mass is 10.1. The normalized spacial score (nSPS) is 16.0. The Bertz CT molecular complexity index is 656. The number of allylic oxidation sites excluding steroid dienone is 2. The monoisotopic (exact) mass is 266 g/mol. The summed E-state index contributed by atoms with van der Waals surface area (Å²) in [6.45, 7) is 0. The van der Waals surface area contributed by atoms with E-state index >= 15 is 0 Å². The number of benzene rings is 1. The van der Waals surface area contributed by atoms with E-state index < -0.39 is 11.8 Å². The standard InChI is InChI=1S/C16H14N2O2/c1-18(2)14-9-6-12(7-10-14)4-3-5-13-8-11-15(19)17-16(13)20/h3-7,9-10H,1-2H3,(H,17,19,20)/b4-3+,13-5+. The van der Waals surface area contributed by atoms with Crippen LogP contribution in [0.25, 0.3) is 6.08 Å². The average molecular weight is 266 g/mol. The zero-order chi connectivity index (χ0) is 14.5. The minimum Gasteiger partial charge on any atom is -0.378 e. The van der Waals surface area contributed by atoms with Gasteiger partial charge in [-0.2, -0.15) is 0 Å². The molecule has 0 saturated carbocycles. The minimum absolute atomic E-state index is 0.283. The van der Waals surface area contributed by atoms with Gasteiger partial charge in [-0.15, -0.1) is 0 Å². The van der Waals surface area contributed by atoms with Crippen LogP contribution in [0.2, 0.25) is 0 Å². The van der Waals surface area contributed by atoms with Crippen molar-refractivity contribution in [2.24, 2.45) is 0 Å². The minimum atomic E-state index is -0.560. The van der Waals surface area contributed by atoms with Crippen molar-refractivity contribution < 1.29 is 9.59 Å². The first-order chi connectivity index (χ1) is 9.56. The summed E-state index contributed by atoms with van der Waals surface area (Å²) in [4.78, 5) is 24.3. The van der Waals surface area contributed by atoms with Crippen molar-refractivity contribution in [3.63, 3.8) is 0 Å². The van der Waals surface area contributed by atoms with Crippen molar-refractivity contribution in [3.05, 3.63) is 47.6 Å². The summed E-state index contributed by atoms with van der Waals surface area (Å²) in [6, 6.07) is 8.00. The molecular formula is C16H14N2O2. The maximum absolute atomic E-state index is 11.4. The predicted octanol–water partition coefficient (Wildman–Crippen LogP) is 1.35. The van der Waals surface area contributed by atoms with E-state index in [1.165, 1.54) is 0 Å². The summed E-state index contributed by atoms with van der Waals surface area (Å²) in [5.41, 5.74) is 2.43. The van der Waals surface area contributed by atoms with Crippen LogP contribution in [0, 0.1) is 11.8 Å². The van der Waals surface area contributed by atoms with Crippen molar-refractivity contribution in [1.29, 1.82) is 0 Å². The number of rotatable bonds is 3. The molecule has 0 aliphatic carbocycles. The Morgan fingerprint density at radius 2 is 1.80 bits per heavy atom. The van der Waals surface area contributed by atoms with Gasteiger partial charge in [0.25, 0.3) is 5.91 Å². The first-order valence-electron chi connectivity index (χ1n) is 6.09. The summed E-state index contributed by atoms with van der Waals surface area (Å²) < 4.78 is 0. The van der Waals surface area contributed by atoms with Gasteiger partial charge >= 0.3 is 5.91 Å². The highest BCUT2D eigenvalue weighted by molar-refractivity contribution is 6.16. The molecule has 1 aliphatic rings. The fraction of sp³-hybridized carbons (Fsp3) is 0.125. The second-order valence-electron chi connectivity index (χ2n) is 4.46. The Labute approximate surface area is 117 Å². The van der Waals surface area contributed by atoms with E-state index in [0.29, 0.717) is 0 Å². The first kappa shape index (κ1) is 13.6. The van der Waals surface area contributed by atoms with Crippen molar-refractivity contribution in [2.45, 2.75) is 0 Å². The van der Waals surface area contributed by atoms with Crippen LogP contribution in [0.4, 0.5) is 5.69 Å². The molecule has 1 aromatic rings. The summed E-state index contributed by atoms with van der Waals surface area (Å²) in [7, 11) is 3.97. The molecule has 2 rings (SSSR count). The van der Waals surface area contributed by atoms with E-state index in [2.05, 4.69) is 17.2 Å². The molecule has 1 heterocycles. The van der Waals surface area contributed by atoms with Crippen LogP contribution in [-0.4, -0.2) is 25.9 Å². The van der Waals surface area contributed by atoms with E-state index in [-0.39, 0.29) is 5.57 Å². The van der Waals surface area contributed by atoms with Gasteiger partial charge in [-0.25, -0.2) is 0 Å². The number of amides is 2. The van der Waals surface area contributed by atoms with Gasteiger partial charge in [-0.3, -0.25) is 14.9 Å². The molecule has 0 atom stereocenters. The molecule has 4 heteroatoms. The van der Waals surface area contributed by atoms with E-state index in [4.69, 9.17) is 0 Å². The summed E-state index contributed by atoms with van der Waals surface area (Å²) in [5, 5.41) is 2.14. The van der Waals surface area contributed by atoms with Gasteiger partial charge in [-0.1, -0.05) is 30.2 Å². The molecule has 0 saturated heterocycles. The molecule has 1 aromatic carbocycles. The largest absolute Gasteiger partial charge is 0.378 e. The van der Waals surface area contributed by atoms with Crippen LogP contribution >= 0.6 is 0 Å². The number of carbonyl (C=O) groups excluding carboxylic acids is 2. The van der Waals surface area contributed by atoms with Crippen LogP contribution in [0.1, 0.15) is 5.56 Å². The zero-order valence-corrected chi connectivity index (χ0v) is 11.3. The highest BCUT2D eigenvalue weighted by Crippen LogP contribution is 2.13. The summed E-state index contributed by atoms with van der Waals surface area (Å²) >= 11 is 0. The van der Waals surface area contributed by atoms with Gasteiger partial charge in [-0.05, 0) is 23.8 Å². The van der Waals surface area contributed by atoms with Crippen LogP contribution in [0.5, 0.6) is 0 Å². The molecule has 0 fully saturated rings. The van der Waals surface area contributed by atoms with E-state index in [9.17, 15) is 9.59 Å². The Morgan fingerprint density at radius 1 is 1.10 bits per heavy atom. The van der Waals surface area contributed by atoms with Crippen LogP contribution in [0.3, 0.4) is 0 Å². The van der Waals surface area contributed by atoms with Gasteiger partial charge < -0.3 is 4.90 Å². The van der Waals surface area contributed by atoms with Gasteiger partial charge in [0.15, 0.2) is 0 Å². The number of carbonyl (C=O) groups is 2. The molecule has 20 heavy (non-hydrogen) atoms. The quantitative estimate of drug-likeness (QED) is 0.510. The van der Waals surface area contributed by atoms with Crippen molar-refractivity contribution in [2.75, 3.05) is 19.0 Å². The Kier molecular flexibility index (Phi) is 4.02. The van der Waals surface area contributed by atoms with Crippen molar-refractivity contribution in [1.82, 2.24) is 5.32 Å². The van der Waals surface area contributed by atoms with Gasteiger partial charge in [0.05, 0.1) is 5.57 Å². The predicted molar refractivity (Wildman–Crippen MR) is 78.8 cm³/mol. The lowest BCUT2D eigenvalue weighted by Gasteiger charge is -2.11. The topological polar surface area (TPSA) is 49.4 Å². The second-order valence-corrected chi connectivity index (χ2v) is 4.46. The van der Waals surface area contributed by atoms with Crippen molar-refractivity contribution >= 4 is 23.6 Å². The van der Waals surface area contributed by atoms with E-state index in [1.807, 2.05) is 49.3 Å². The number of hydrogen-bond acceptors (Lipinski definition) is 3. The third-order valence-electron chi connectivity index (χ3n) is 2.74. The molecule has 0 unspecified atom stereocenters. The van der Waals surface area contributed by atoms with Gasteiger partial charge in [0.1, 0.15) is 0 Å². The molecule has 2 amide bonds. The molecule has 1 N–H and O–H groups in total. The third kappa shape index (κ3) is 3.36. The Hall–Kier alpha value is -2.80. The van der Waals surface area contributed by atoms with E-state index in [0.717, 1.165) is 11.3 Å². The molecular weight excluding hydrogens is 252 g/mol. The molecule has 0 aromatic heterocycles. The molecule has 100 valence electrons. The first-order valence-corrected chi connectivity index (χ1v) is 6.09. The highest BCUT2D eigenvalue weighted by atomic mass is 16.2. The van der Waals surface area contributed by atoms with Crippen LogP contribution in [0.15, 0.2) is 42.0 Å². The second kappa shape index (κ2) is 5.89. The SMILES string of the molecule is CN(C)c1ccc(/C=C/C=C2\C#CC(=O)NC2=O)cc1. The maximum atomic E-state index is 11.4. The molecule has 1 aliphatic heterocycles. The number of nitrogens with one attached hydrogen (secondary N) is 1. The third-order valence-corrected chi connectivity index (χ3v) is 2.74. The lowest BCUT2D eigenvalue weighted by Crippen LogP contribution is -2.32. The van der Waals surface area contributed by atoms with Gasteiger partial charge in [0.2, 0.25) is 0 Å². The molecule has 0 spiro atoms. The molecule has 0 bridgehead atoms. The molecule has 0 radical (unpaired) electrons. The summed E-state index contributed by atoms with van der Waals surface area (Å²) in [5.74, 6) is 3.81. The average Bonchev–Trinajstić information content (AvgIpc) is 2.42. The molecule has 4 nitrogen and oxygen atoms in total. The van der Waals surface area contributed by atoms with Crippen LogP contribution in [-0.2, 0) is 9.59 Å². The van der Waals surface area contributed by atoms with E-state index in [1.54, 1.807) is 12.2 Å². The fourth-order valence-corrected chi connectivity index (χ4v) is 1.64. The smallest absolute Gasteiger partial charge is 0.303 e. The maximum Gasteiger partial charge on any atom is 0.303 e. The lowest BCUT2D eigenvalue weighted by molar-refractivity contribution is -0.125. The zero-order valence-electron chi connectivity index (χ0n) is 11.3. The number of nitrogens with zero attached hydrogens (tertiary/aromatic N) is 1. The number of anilines is 1. The summed E-state index contributed by atoms with van der Waals surface area (Å²) in [6.07, 6.45) is 5.20. The Morgan fingerprint density at radius 3 is 2.40 bits per heavy atom. The van der Waals surface area contributed by atoms with Gasteiger partial charge in [0, 0.05) is 25.7 Å². The fourth-order valence-electron chi connectivity index (χ4n) is 1.64. The van der Waals surface area contributed by atoms with Crippen molar-refractivity contribution in [3.8, 4) is 11.8 Å². The number of hydrogen-bond donors (Lipinski definition) is 1. The highest BCUT2D eigenvalue weighted by Gasteiger charge is 2.13. The Balaban J connectivity index is 2.10. The van der Waals surface area contributed by atoms with Crippen LogP contribution < -0.4 is 10.2 Å². The number of imide groups is 1.